The highest BCUT2D eigenvalue weighted by molar-refractivity contribution is 5.36. The van der Waals surface area contributed by atoms with Gasteiger partial charge in [0.2, 0.25) is 0 Å². The summed E-state index contributed by atoms with van der Waals surface area (Å²) >= 11 is 0. The van der Waals surface area contributed by atoms with E-state index in [0.29, 0.717) is 6.54 Å². The summed E-state index contributed by atoms with van der Waals surface area (Å²) in [6, 6.07) is 12.3. The summed E-state index contributed by atoms with van der Waals surface area (Å²) in [4.78, 5) is 2.25. The summed E-state index contributed by atoms with van der Waals surface area (Å²) in [5, 5.41) is 3.53. The maximum Gasteiger partial charge on any atom is 0.159 e. The first-order chi connectivity index (χ1) is 12.0. The van der Waals surface area contributed by atoms with Crippen LogP contribution in [0.3, 0.4) is 0 Å². The summed E-state index contributed by atoms with van der Waals surface area (Å²) < 4.78 is 32.5. The normalized spacial score (nSPS) is 18.5. The van der Waals surface area contributed by atoms with Crippen molar-refractivity contribution < 1.29 is 13.5 Å². The number of rotatable bonds is 5. The fraction of sp³-hybridized carbons (Fsp3) is 0.400. The average Bonchev–Trinajstić information content (AvgIpc) is 2.58. The van der Waals surface area contributed by atoms with Crippen LogP contribution in [0.15, 0.2) is 42.5 Å². The molecule has 25 heavy (non-hydrogen) atoms. The third-order valence-corrected chi connectivity index (χ3v) is 4.31. The molecule has 0 aromatic heterocycles. The minimum Gasteiger partial charge on any atom is -0.491 e. The predicted molar refractivity (Wildman–Crippen MR) is 94.6 cm³/mol. The second kappa shape index (κ2) is 7.93. The number of halogens is 2. The molecular formula is C20H24F2N2O. The molecule has 1 saturated heterocycles. The molecule has 2 aromatic carbocycles. The number of piperazine rings is 1. The van der Waals surface area contributed by atoms with Gasteiger partial charge in [-0.2, -0.15) is 0 Å². The molecule has 1 fully saturated rings. The Bertz CT molecular complexity index is 721. The molecule has 2 aromatic rings. The summed E-state index contributed by atoms with van der Waals surface area (Å²) in [7, 11) is 0. The highest BCUT2D eigenvalue weighted by Crippen LogP contribution is 2.28. The van der Waals surface area contributed by atoms with Gasteiger partial charge in [0.05, 0.1) is 6.10 Å². The van der Waals surface area contributed by atoms with Crippen LogP contribution >= 0.6 is 0 Å². The van der Waals surface area contributed by atoms with Gasteiger partial charge in [0.15, 0.2) is 11.6 Å². The van der Waals surface area contributed by atoms with Crippen molar-refractivity contribution >= 4 is 0 Å². The van der Waals surface area contributed by atoms with Gasteiger partial charge in [0.1, 0.15) is 5.75 Å². The molecule has 0 saturated carbocycles. The van der Waals surface area contributed by atoms with Crippen LogP contribution in [-0.2, 0) is 6.54 Å². The topological polar surface area (TPSA) is 24.5 Å². The first kappa shape index (κ1) is 17.8. The molecule has 1 aliphatic heterocycles. The minimum absolute atomic E-state index is 0.114. The molecule has 1 atom stereocenters. The van der Waals surface area contributed by atoms with Crippen LogP contribution in [0.5, 0.6) is 5.75 Å². The van der Waals surface area contributed by atoms with E-state index in [0.717, 1.165) is 36.5 Å². The Morgan fingerprint density at radius 1 is 1.16 bits per heavy atom. The van der Waals surface area contributed by atoms with E-state index in [-0.39, 0.29) is 12.1 Å². The van der Waals surface area contributed by atoms with E-state index in [9.17, 15) is 8.78 Å². The van der Waals surface area contributed by atoms with Gasteiger partial charge in [-0.1, -0.05) is 24.3 Å². The monoisotopic (exact) mass is 346 g/mol. The van der Waals surface area contributed by atoms with Crippen molar-refractivity contribution in [2.75, 3.05) is 19.6 Å². The Kier molecular flexibility index (Phi) is 5.66. The lowest BCUT2D eigenvalue weighted by atomic mass is 10.0. The molecule has 5 heteroatoms. The Balaban J connectivity index is 1.72. The molecular weight excluding hydrogens is 322 g/mol. The number of ether oxygens (including phenoxy) is 1. The van der Waals surface area contributed by atoms with Crippen molar-refractivity contribution in [1.82, 2.24) is 10.2 Å². The number of hydrogen-bond donors (Lipinski definition) is 1. The maximum atomic E-state index is 13.4. The van der Waals surface area contributed by atoms with Gasteiger partial charge >= 0.3 is 0 Å². The van der Waals surface area contributed by atoms with E-state index in [1.165, 1.54) is 12.1 Å². The van der Waals surface area contributed by atoms with Crippen LogP contribution in [0.1, 0.15) is 31.0 Å². The zero-order chi connectivity index (χ0) is 17.8. The van der Waals surface area contributed by atoms with Gasteiger partial charge < -0.3 is 10.1 Å². The fourth-order valence-corrected chi connectivity index (χ4v) is 3.19. The standard InChI is InChI=1S/C20H24F2N2O/c1-14(2)25-20-6-4-3-5-16(20)19-13-24(10-9-23-19)12-15-7-8-17(21)18(22)11-15/h3-8,11,14,19,23H,9-10,12-13H2,1-2H3/t19-/m0/s1. The molecule has 0 amide bonds. The molecule has 0 radical (unpaired) electrons. The molecule has 1 aliphatic rings. The molecule has 134 valence electrons. The summed E-state index contributed by atoms with van der Waals surface area (Å²) in [5.41, 5.74) is 1.91. The van der Waals surface area contributed by atoms with E-state index < -0.39 is 11.6 Å². The van der Waals surface area contributed by atoms with Crippen LogP contribution in [0.25, 0.3) is 0 Å². The molecule has 1 N–H and O–H groups in total. The van der Waals surface area contributed by atoms with E-state index >= 15 is 0 Å². The van der Waals surface area contributed by atoms with E-state index in [1.807, 2.05) is 32.0 Å². The number of para-hydroxylation sites is 1. The quantitative estimate of drug-likeness (QED) is 0.889. The first-order valence-electron chi connectivity index (χ1n) is 8.68. The smallest absolute Gasteiger partial charge is 0.159 e. The molecule has 0 aliphatic carbocycles. The second-order valence-electron chi connectivity index (χ2n) is 6.69. The highest BCUT2D eigenvalue weighted by atomic mass is 19.2. The Labute approximate surface area is 147 Å². The minimum atomic E-state index is -0.804. The van der Waals surface area contributed by atoms with Gasteiger partial charge in [-0.3, -0.25) is 4.90 Å². The van der Waals surface area contributed by atoms with Crippen molar-refractivity contribution in [2.24, 2.45) is 0 Å². The van der Waals surface area contributed by atoms with Crippen LogP contribution in [-0.4, -0.2) is 30.6 Å². The second-order valence-corrected chi connectivity index (χ2v) is 6.69. The summed E-state index contributed by atoms with van der Waals surface area (Å²) in [6.45, 7) is 7.12. The van der Waals surface area contributed by atoms with Crippen LogP contribution in [0, 0.1) is 11.6 Å². The third-order valence-electron chi connectivity index (χ3n) is 4.31. The predicted octanol–water partition coefficient (Wildman–Crippen LogP) is 3.90. The molecule has 0 unspecified atom stereocenters. The van der Waals surface area contributed by atoms with Crippen molar-refractivity contribution in [3.63, 3.8) is 0 Å². The fourth-order valence-electron chi connectivity index (χ4n) is 3.19. The molecule has 0 bridgehead atoms. The summed E-state index contributed by atoms with van der Waals surface area (Å²) in [5.74, 6) is -0.703. The average molecular weight is 346 g/mol. The third kappa shape index (κ3) is 4.55. The number of benzene rings is 2. The largest absolute Gasteiger partial charge is 0.491 e. The van der Waals surface area contributed by atoms with Gasteiger partial charge in [-0.25, -0.2) is 8.78 Å². The van der Waals surface area contributed by atoms with Gasteiger partial charge in [-0.15, -0.1) is 0 Å². The van der Waals surface area contributed by atoms with Crippen LogP contribution in [0.2, 0.25) is 0 Å². The zero-order valence-electron chi connectivity index (χ0n) is 14.6. The number of hydrogen-bond acceptors (Lipinski definition) is 3. The van der Waals surface area contributed by atoms with Crippen LogP contribution < -0.4 is 10.1 Å². The van der Waals surface area contributed by atoms with Crippen molar-refractivity contribution in [3.05, 3.63) is 65.2 Å². The summed E-state index contributed by atoms with van der Waals surface area (Å²) in [6.07, 6.45) is 0.114. The van der Waals surface area contributed by atoms with Gasteiger partial charge in [-0.05, 0) is 37.6 Å². The zero-order valence-corrected chi connectivity index (χ0v) is 14.6. The maximum absolute atomic E-state index is 13.4. The Morgan fingerprint density at radius 2 is 1.96 bits per heavy atom. The van der Waals surface area contributed by atoms with E-state index in [2.05, 4.69) is 16.3 Å². The molecule has 1 heterocycles. The number of nitrogens with one attached hydrogen (secondary N) is 1. The van der Waals surface area contributed by atoms with E-state index in [1.54, 1.807) is 6.07 Å². The van der Waals surface area contributed by atoms with Gasteiger partial charge in [0.25, 0.3) is 0 Å². The first-order valence-corrected chi connectivity index (χ1v) is 8.68. The van der Waals surface area contributed by atoms with Crippen molar-refractivity contribution in [1.29, 1.82) is 0 Å². The lowest BCUT2D eigenvalue weighted by Crippen LogP contribution is -2.45. The van der Waals surface area contributed by atoms with Crippen molar-refractivity contribution in [2.45, 2.75) is 32.5 Å². The molecule has 3 nitrogen and oxygen atoms in total. The SMILES string of the molecule is CC(C)Oc1ccccc1[C@@H]1CN(Cc2ccc(F)c(F)c2)CCN1. The molecule has 0 spiro atoms. The van der Waals surface area contributed by atoms with Gasteiger partial charge in [0, 0.05) is 37.8 Å². The van der Waals surface area contributed by atoms with Crippen molar-refractivity contribution in [3.8, 4) is 5.75 Å². The lowest BCUT2D eigenvalue weighted by molar-refractivity contribution is 0.186. The molecule has 3 rings (SSSR count). The lowest BCUT2D eigenvalue weighted by Gasteiger charge is -2.34. The highest BCUT2D eigenvalue weighted by Gasteiger charge is 2.23. The Morgan fingerprint density at radius 3 is 2.72 bits per heavy atom. The van der Waals surface area contributed by atoms with E-state index in [4.69, 9.17) is 4.74 Å². The Hall–Kier alpha value is -1.98. The number of nitrogens with zero attached hydrogens (tertiary/aromatic N) is 1. The van der Waals surface area contributed by atoms with Crippen LogP contribution in [0.4, 0.5) is 8.78 Å².